The van der Waals surface area contributed by atoms with Crippen LogP contribution in [-0.4, -0.2) is 58.4 Å². The molecule has 1 saturated heterocycles. The van der Waals surface area contributed by atoms with Crippen molar-refractivity contribution in [2.45, 2.75) is 6.54 Å². The molecule has 0 aliphatic carbocycles. The Morgan fingerprint density at radius 1 is 1.22 bits per heavy atom. The normalized spacial score (nSPS) is 16.0. The van der Waals surface area contributed by atoms with Gasteiger partial charge in [0.25, 0.3) is 0 Å². The maximum absolute atomic E-state index is 12.4. The number of hydrogen-bond donors (Lipinski definition) is 2. The molecule has 27 heavy (non-hydrogen) atoms. The lowest BCUT2D eigenvalue weighted by molar-refractivity contribution is -0.117. The van der Waals surface area contributed by atoms with Crippen molar-refractivity contribution >= 4 is 60.7 Å². The second kappa shape index (κ2) is 8.07. The van der Waals surface area contributed by atoms with Gasteiger partial charge in [-0.3, -0.25) is 14.6 Å². The van der Waals surface area contributed by atoms with Crippen molar-refractivity contribution in [2.24, 2.45) is 0 Å². The lowest BCUT2D eigenvalue weighted by Gasteiger charge is -2.33. The molecule has 0 unspecified atom stereocenters. The second-order valence-electron chi connectivity index (χ2n) is 6.37. The Morgan fingerprint density at radius 3 is 2.70 bits per heavy atom. The number of piperazine rings is 1. The number of nitrogen functional groups attached to an aromatic ring is 1. The van der Waals surface area contributed by atoms with Gasteiger partial charge >= 0.3 is 0 Å². The Kier molecular flexibility index (Phi) is 5.55. The summed E-state index contributed by atoms with van der Waals surface area (Å²) in [6.07, 6.45) is 1.84. The van der Waals surface area contributed by atoms with E-state index in [0.29, 0.717) is 21.8 Å². The third-order valence-corrected chi connectivity index (χ3v) is 6.45. The van der Waals surface area contributed by atoms with Crippen LogP contribution in [-0.2, 0) is 11.3 Å². The van der Waals surface area contributed by atoms with Gasteiger partial charge in [-0.05, 0) is 12.1 Å². The number of fused-ring (bicyclic) bond motifs is 1. The van der Waals surface area contributed by atoms with Crippen molar-refractivity contribution in [2.75, 3.05) is 43.8 Å². The number of halogens is 1. The van der Waals surface area contributed by atoms with E-state index in [1.165, 1.54) is 27.6 Å². The van der Waals surface area contributed by atoms with Gasteiger partial charge in [0.2, 0.25) is 5.91 Å². The van der Waals surface area contributed by atoms with Crippen LogP contribution in [0, 0.1) is 0 Å². The third-order valence-electron chi connectivity index (χ3n) is 4.40. The van der Waals surface area contributed by atoms with E-state index in [2.05, 4.69) is 25.1 Å². The number of carbonyl (C=O) groups excluding carboxylic acids is 1. The summed E-state index contributed by atoms with van der Waals surface area (Å²) < 4.78 is 0.968. The zero-order valence-electron chi connectivity index (χ0n) is 14.5. The number of amides is 1. The van der Waals surface area contributed by atoms with Crippen LogP contribution >= 0.6 is 34.3 Å². The predicted octanol–water partition coefficient (Wildman–Crippen LogP) is 2.74. The van der Waals surface area contributed by atoms with Gasteiger partial charge < -0.3 is 11.1 Å². The average Bonchev–Trinajstić information content (AvgIpc) is 3.23. The molecule has 10 heteroatoms. The fourth-order valence-electron chi connectivity index (χ4n) is 3.05. The van der Waals surface area contributed by atoms with E-state index >= 15 is 0 Å². The SMILES string of the molecule is Nc1ncc(CN2CCN(CC(=O)Nc3nc4c(Cl)cccc4s3)CC2)s1. The largest absolute Gasteiger partial charge is 0.375 e. The van der Waals surface area contributed by atoms with E-state index in [1.54, 1.807) is 6.07 Å². The van der Waals surface area contributed by atoms with E-state index in [-0.39, 0.29) is 5.91 Å². The Hall–Kier alpha value is -1.78. The number of nitrogens with one attached hydrogen (secondary N) is 1. The molecule has 1 amide bonds. The Bertz CT molecular complexity index is 950. The number of rotatable bonds is 5. The second-order valence-corrected chi connectivity index (χ2v) is 8.96. The molecule has 2 aromatic heterocycles. The first-order valence-electron chi connectivity index (χ1n) is 8.56. The minimum atomic E-state index is -0.0474. The standard InChI is InChI=1S/C17H19ClN6OS2/c18-12-2-1-3-13-15(12)22-17(27-13)21-14(25)10-24-6-4-23(5-7-24)9-11-8-20-16(19)26-11/h1-3,8H,4-7,9-10H2,(H2,19,20)(H,21,22,25). The zero-order valence-corrected chi connectivity index (χ0v) is 16.9. The van der Waals surface area contributed by atoms with Crippen LogP contribution in [0.5, 0.6) is 0 Å². The fourth-order valence-corrected chi connectivity index (χ4v) is 4.96. The number of nitrogens with two attached hydrogens (primary N) is 1. The lowest BCUT2D eigenvalue weighted by Crippen LogP contribution is -2.48. The molecule has 1 aliphatic rings. The van der Waals surface area contributed by atoms with Crippen molar-refractivity contribution in [1.82, 2.24) is 19.8 Å². The number of thiazole rings is 2. The molecular weight excluding hydrogens is 404 g/mol. The highest BCUT2D eigenvalue weighted by Gasteiger charge is 2.20. The first-order chi connectivity index (χ1) is 13.1. The first kappa shape index (κ1) is 18.6. The summed E-state index contributed by atoms with van der Waals surface area (Å²) >= 11 is 9.11. The molecular formula is C17H19ClN6OS2. The van der Waals surface area contributed by atoms with Gasteiger partial charge in [0, 0.05) is 43.8 Å². The maximum Gasteiger partial charge on any atom is 0.240 e. The van der Waals surface area contributed by atoms with Gasteiger partial charge in [0.05, 0.1) is 16.3 Å². The molecule has 3 N–H and O–H groups in total. The number of aromatic nitrogens is 2. The summed E-state index contributed by atoms with van der Waals surface area (Å²) in [4.78, 5) is 26.6. The van der Waals surface area contributed by atoms with Crippen molar-refractivity contribution in [3.05, 3.63) is 34.3 Å². The number of carbonyl (C=O) groups is 1. The van der Waals surface area contributed by atoms with Gasteiger partial charge in [0.15, 0.2) is 10.3 Å². The van der Waals surface area contributed by atoms with E-state index in [4.69, 9.17) is 17.3 Å². The van der Waals surface area contributed by atoms with E-state index in [1.807, 2.05) is 18.3 Å². The van der Waals surface area contributed by atoms with Crippen molar-refractivity contribution < 1.29 is 4.79 Å². The van der Waals surface area contributed by atoms with Gasteiger partial charge in [-0.1, -0.05) is 29.0 Å². The predicted molar refractivity (Wildman–Crippen MR) is 112 cm³/mol. The molecule has 142 valence electrons. The Labute approximate surface area is 169 Å². The molecule has 1 fully saturated rings. The van der Waals surface area contributed by atoms with Gasteiger partial charge in [-0.25, -0.2) is 9.97 Å². The minimum Gasteiger partial charge on any atom is -0.375 e. The van der Waals surface area contributed by atoms with Crippen molar-refractivity contribution in [1.29, 1.82) is 0 Å². The summed E-state index contributed by atoms with van der Waals surface area (Å²) in [5.74, 6) is -0.0474. The van der Waals surface area contributed by atoms with Crippen LogP contribution < -0.4 is 11.1 Å². The highest BCUT2D eigenvalue weighted by Crippen LogP contribution is 2.30. The summed E-state index contributed by atoms with van der Waals surface area (Å²) in [6.45, 7) is 4.77. The molecule has 0 bridgehead atoms. The highest BCUT2D eigenvalue weighted by molar-refractivity contribution is 7.22. The summed E-state index contributed by atoms with van der Waals surface area (Å²) in [5, 5.41) is 4.69. The number of hydrogen-bond acceptors (Lipinski definition) is 8. The van der Waals surface area contributed by atoms with E-state index in [9.17, 15) is 4.79 Å². The molecule has 1 aromatic carbocycles. The van der Waals surface area contributed by atoms with E-state index < -0.39 is 0 Å². The van der Waals surface area contributed by atoms with Gasteiger partial charge in [-0.15, -0.1) is 11.3 Å². The van der Waals surface area contributed by atoms with Crippen LogP contribution in [0.2, 0.25) is 5.02 Å². The molecule has 7 nitrogen and oxygen atoms in total. The molecule has 0 spiro atoms. The molecule has 0 radical (unpaired) electrons. The zero-order chi connectivity index (χ0) is 18.8. The maximum atomic E-state index is 12.4. The smallest absolute Gasteiger partial charge is 0.240 e. The van der Waals surface area contributed by atoms with Crippen molar-refractivity contribution in [3.63, 3.8) is 0 Å². The monoisotopic (exact) mass is 422 g/mol. The molecule has 0 atom stereocenters. The number of para-hydroxylation sites is 1. The summed E-state index contributed by atoms with van der Waals surface area (Å²) in [6, 6.07) is 5.63. The average molecular weight is 423 g/mol. The molecule has 3 aromatic rings. The molecule has 4 rings (SSSR count). The number of benzene rings is 1. The lowest BCUT2D eigenvalue weighted by atomic mass is 10.3. The highest BCUT2D eigenvalue weighted by atomic mass is 35.5. The van der Waals surface area contributed by atoms with E-state index in [0.717, 1.165) is 42.9 Å². The molecule has 3 heterocycles. The van der Waals surface area contributed by atoms with Gasteiger partial charge in [-0.2, -0.15) is 0 Å². The Morgan fingerprint density at radius 2 is 2.00 bits per heavy atom. The molecule has 0 saturated carbocycles. The van der Waals surface area contributed by atoms with Crippen LogP contribution in [0.25, 0.3) is 10.2 Å². The number of nitrogens with zero attached hydrogens (tertiary/aromatic N) is 4. The topological polar surface area (TPSA) is 87.4 Å². The van der Waals surface area contributed by atoms with Crippen LogP contribution in [0.1, 0.15) is 4.88 Å². The first-order valence-corrected chi connectivity index (χ1v) is 10.6. The van der Waals surface area contributed by atoms with Crippen LogP contribution in [0.15, 0.2) is 24.4 Å². The number of anilines is 2. The van der Waals surface area contributed by atoms with Gasteiger partial charge in [0.1, 0.15) is 5.52 Å². The summed E-state index contributed by atoms with van der Waals surface area (Å²) in [7, 11) is 0. The summed E-state index contributed by atoms with van der Waals surface area (Å²) in [5.41, 5.74) is 6.41. The van der Waals surface area contributed by atoms with Crippen LogP contribution in [0.4, 0.5) is 10.3 Å². The minimum absolute atomic E-state index is 0.0474. The van der Waals surface area contributed by atoms with Crippen molar-refractivity contribution in [3.8, 4) is 0 Å². The Balaban J connectivity index is 1.27. The quantitative estimate of drug-likeness (QED) is 0.657. The third kappa shape index (κ3) is 4.56. The fraction of sp³-hybridized carbons (Fsp3) is 0.353. The van der Waals surface area contributed by atoms with Crippen LogP contribution in [0.3, 0.4) is 0 Å². The molecule has 1 aliphatic heterocycles.